The van der Waals surface area contributed by atoms with Gasteiger partial charge in [-0.25, -0.2) is 9.59 Å². The zero-order chi connectivity index (χ0) is 21.4. The van der Waals surface area contributed by atoms with Crippen LogP contribution in [0.4, 0.5) is 9.59 Å². The van der Waals surface area contributed by atoms with E-state index < -0.39 is 5.60 Å². The molecule has 2 rings (SSSR count). The standard InChI is InChI=1S/C21H33N3O5/c1-6-28-17-8-7-16(15-18(17)27-5)9-10-22-19(25)23-11-13-24(14-12-23)20(26)29-21(2,3)4/h7-8,15H,6,9-14H2,1-5H3,(H,22,25). The minimum absolute atomic E-state index is 0.119. The summed E-state index contributed by atoms with van der Waals surface area (Å²) in [5.74, 6) is 1.40. The van der Waals surface area contributed by atoms with Gasteiger partial charge in [-0.2, -0.15) is 0 Å². The minimum Gasteiger partial charge on any atom is -0.493 e. The number of nitrogens with one attached hydrogen (secondary N) is 1. The number of ether oxygens (including phenoxy) is 3. The van der Waals surface area contributed by atoms with Crippen LogP contribution in [-0.2, 0) is 11.2 Å². The highest BCUT2D eigenvalue weighted by molar-refractivity contribution is 5.75. The van der Waals surface area contributed by atoms with E-state index in [-0.39, 0.29) is 12.1 Å². The summed E-state index contributed by atoms with van der Waals surface area (Å²) in [7, 11) is 1.61. The summed E-state index contributed by atoms with van der Waals surface area (Å²) in [6, 6.07) is 5.66. The van der Waals surface area contributed by atoms with Crippen LogP contribution in [0.2, 0.25) is 0 Å². The molecule has 8 heteroatoms. The van der Waals surface area contributed by atoms with Crippen molar-refractivity contribution in [1.29, 1.82) is 0 Å². The number of carbonyl (C=O) groups is 2. The third kappa shape index (κ3) is 7.03. The topological polar surface area (TPSA) is 80.3 Å². The van der Waals surface area contributed by atoms with E-state index in [1.54, 1.807) is 16.9 Å². The molecular weight excluding hydrogens is 374 g/mol. The van der Waals surface area contributed by atoms with Gasteiger partial charge in [-0.3, -0.25) is 0 Å². The molecule has 1 saturated heterocycles. The van der Waals surface area contributed by atoms with E-state index in [1.165, 1.54) is 0 Å². The SMILES string of the molecule is CCOc1ccc(CCNC(=O)N2CCN(C(=O)OC(C)(C)C)CC2)cc1OC. The molecule has 0 unspecified atom stereocenters. The molecule has 3 amide bonds. The Balaban J connectivity index is 1.76. The Labute approximate surface area is 173 Å². The number of hydrogen-bond acceptors (Lipinski definition) is 5. The number of methoxy groups -OCH3 is 1. The summed E-state index contributed by atoms with van der Waals surface area (Å²) in [5, 5.41) is 2.94. The Morgan fingerprint density at radius 3 is 2.31 bits per heavy atom. The maximum atomic E-state index is 12.4. The number of rotatable bonds is 6. The molecular formula is C21H33N3O5. The highest BCUT2D eigenvalue weighted by atomic mass is 16.6. The Bertz CT molecular complexity index is 694. The normalized spacial score (nSPS) is 14.4. The van der Waals surface area contributed by atoms with E-state index in [9.17, 15) is 9.59 Å². The average Bonchev–Trinajstić information content (AvgIpc) is 2.68. The number of carbonyl (C=O) groups excluding carboxylic acids is 2. The van der Waals surface area contributed by atoms with Gasteiger partial charge in [0.25, 0.3) is 0 Å². The number of amides is 3. The Morgan fingerprint density at radius 1 is 1.07 bits per heavy atom. The van der Waals surface area contributed by atoms with Gasteiger partial charge < -0.3 is 29.3 Å². The lowest BCUT2D eigenvalue weighted by atomic mass is 10.1. The first-order valence-electron chi connectivity index (χ1n) is 10.0. The Kier molecular flexibility index (Phi) is 7.99. The van der Waals surface area contributed by atoms with Crippen LogP contribution >= 0.6 is 0 Å². The van der Waals surface area contributed by atoms with Crippen LogP contribution < -0.4 is 14.8 Å². The van der Waals surface area contributed by atoms with Crippen molar-refractivity contribution >= 4 is 12.1 Å². The van der Waals surface area contributed by atoms with Gasteiger partial charge in [-0.05, 0) is 51.8 Å². The third-order valence-corrected chi connectivity index (χ3v) is 4.44. The van der Waals surface area contributed by atoms with Crippen LogP contribution in [0.5, 0.6) is 11.5 Å². The predicted octanol–water partition coefficient (Wildman–Crippen LogP) is 2.90. The fourth-order valence-corrected chi connectivity index (χ4v) is 2.99. The minimum atomic E-state index is -0.519. The molecule has 0 bridgehead atoms. The van der Waals surface area contributed by atoms with Gasteiger partial charge in [0.1, 0.15) is 5.60 Å². The molecule has 1 aliphatic heterocycles. The van der Waals surface area contributed by atoms with Crippen LogP contribution in [-0.4, -0.2) is 74.0 Å². The van der Waals surface area contributed by atoms with E-state index in [2.05, 4.69) is 5.32 Å². The molecule has 0 spiro atoms. The molecule has 0 aliphatic carbocycles. The second-order valence-electron chi connectivity index (χ2n) is 7.85. The number of benzene rings is 1. The van der Waals surface area contributed by atoms with Crippen molar-refractivity contribution in [2.45, 2.75) is 39.7 Å². The number of hydrogen-bond donors (Lipinski definition) is 1. The van der Waals surface area contributed by atoms with Crippen molar-refractivity contribution in [3.8, 4) is 11.5 Å². The Morgan fingerprint density at radius 2 is 1.72 bits per heavy atom. The Hall–Kier alpha value is -2.64. The molecule has 0 radical (unpaired) electrons. The van der Waals surface area contributed by atoms with E-state index in [0.29, 0.717) is 57.3 Å². The maximum absolute atomic E-state index is 12.4. The van der Waals surface area contributed by atoms with E-state index in [0.717, 1.165) is 5.56 Å². The fraction of sp³-hybridized carbons (Fsp3) is 0.619. The van der Waals surface area contributed by atoms with Crippen molar-refractivity contribution in [2.75, 3.05) is 46.4 Å². The first kappa shape index (κ1) is 22.6. The van der Waals surface area contributed by atoms with Gasteiger partial charge in [0, 0.05) is 32.7 Å². The molecule has 0 saturated carbocycles. The molecule has 0 aromatic heterocycles. The predicted molar refractivity (Wildman–Crippen MR) is 111 cm³/mol. The van der Waals surface area contributed by atoms with Gasteiger partial charge in [0.2, 0.25) is 0 Å². The van der Waals surface area contributed by atoms with Gasteiger partial charge in [-0.1, -0.05) is 6.07 Å². The van der Waals surface area contributed by atoms with Gasteiger partial charge in [-0.15, -0.1) is 0 Å². The monoisotopic (exact) mass is 407 g/mol. The van der Waals surface area contributed by atoms with Crippen LogP contribution in [0, 0.1) is 0 Å². The van der Waals surface area contributed by atoms with Crippen molar-refractivity contribution in [3.63, 3.8) is 0 Å². The quantitative estimate of drug-likeness (QED) is 0.784. The molecule has 1 heterocycles. The van der Waals surface area contributed by atoms with Crippen LogP contribution in [0.3, 0.4) is 0 Å². The van der Waals surface area contributed by atoms with Gasteiger partial charge in [0.15, 0.2) is 11.5 Å². The molecule has 1 aliphatic rings. The van der Waals surface area contributed by atoms with Crippen molar-refractivity contribution < 1.29 is 23.8 Å². The molecule has 1 fully saturated rings. The van der Waals surface area contributed by atoms with E-state index in [1.807, 2.05) is 45.9 Å². The lowest BCUT2D eigenvalue weighted by molar-refractivity contribution is 0.0170. The first-order valence-corrected chi connectivity index (χ1v) is 10.0. The molecule has 8 nitrogen and oxygen atoms in total. The average molecular weight is 408 g/mol. The fourth-order valence-electron chi connectivity index (χ4n) is 2.99. The highest BCUT2D eigenvalue weighted by Crippen LogP contribution is 2.28. The molecule has 162 valence electrons. The summed E-state index contributed by atoms with van der Waals surface area (Å²) in [4.78, 5) is 27.9. The lowest BCUT2D eigenvalue weighted by Crippen LogP contribution is -2.54. The largest absolute Gasteiger partial charge is 0.493 e. The van der Waals surface area contributed by atoms with Crippen LogP contribution in [0.25, 0.3) is 0 Å². The molecule has 29 heavy (non-hydrogen) atoms. The van der Waals surface area contributed by atoms with Crippen LogP contribution in [0.1, 0.15) is 33.3 Å². The number of urea groups is 1. The summed E-state index contributed by atoms with van der Waals surface area (Å²) < 4.78 is 16.3. The van der Waals surface area contributed by atoms with Gasteiger partial charge >= 0.3 is 12.1 Å². The molecule has 0 atom stereocenters. The maximum Gasteiger partial charge on any atom is 0.410 e. The second-order valence-corrected chi connectivity index (χ2v) is 7.85. The zero-order valence-electron chi connectivity index (χ0n) is 18.1. The summed E-state index contributed by atoms with van der Waals surface area (Å²) in [6.45, 7) is 10.5. The highest BCUT2D eigenvalue weighted by Gasteiger charge is 2.27. The lowest BCUT2D eigenvalue weighted by Gasteiger charge is -2.35. The second kappa shape index (κ2) is 10.2. The molecule has 1 aromatic carbocycles. The number of piperazine rings is 1. The number of nitrogens with zero attached hydrogens (tertiary/aromatic N) is 2. The van der Waals surface area contributed by atoms with Crippen molar-refractivity contribution in [1.82, 2.24) is 15.1 Å². The van der Waals surface area contributed by atoms with Crippen molar-refractivity contribution in [2.24, 2.45) is 0 Å². The van der Waals surface area contributed by atoms with Crippen molar-refractivity contribution in [3.05, 3.63) is 23.8 Å². The zero-order valence-corrected chi connectivity index (χ0v) is 18.1. The third-order valence-electron chi connectivity index (χ3n) is 4.44. The van der Waals surface area contributed by atoms with E-state index >= 15 is 0 Å². The molecule has 1 N–H and O–H groups in total. The van der Waals surface area contributed by atoms with E-state index in [4.69, 9.17) is 14.2 Å². The van der Waals surface area contributed by atoms with Crippen LogP contribution in [0.15, 0.2) is 18.2 Å². The summed E-state index contributed by atoms with van der Waals surface area (Å²) >= 11 is 0. The molecule has 1 aromatic rings. The van der Waals surface area contributed by atoms with Gasteiger partial charge in [0.05, 0.1) is 13.7 Å². The summed E-state index contributed by atoms with van der Waals surface area (Å²) in [6.07, 6.45) is 0.355. The summed E-state index contributed by atoms with van der Waals surface area (Å²) in [5.41, 5.74) is 0.537. The smallest absolute Gasteiger partial charge is 0.410 e. The first-order chi connectivity index (χ1) is 13.7.